The van der Waals surface area contributed by atoms with Gasteiger partial charge in [-0.2, -0.15) is 4.37 Å². The van der Waals surface area contributed by atoms with Crippen LogP contribution in [-0.4, -0.2) is 16.6 Å². The summed E-state index contributed by atoms with van der Waals surface area (Å²) in [7, 11) is 0. The number of rotatable bonds is 2. The number of hydrogen-bond donors (Lipinski definition) is 1. The Hall–Kier alpha value is -1.10. The largest absolute Gasteiger partial charge is 0.447 e. The molecule has 4 nitrogen and oxygen atoms in total. The van der Waals surface area contributed by atoms with Crippen LogP contribution < -0.4 is 5.32 Å². The van der Waals surface area contributed by atoms with E-state index >= 15 is 0 Å². The third kappa shape index (κ3) is 3.42. The Balaban J connectivity index is 2.45. The third-order valence-electron chi connectivity index (χ3n) is 1.20. The van der Waals surface area contributed by atoms with Crippen LogP contribution in [0.25, 0.3) is 0 Å². The fraction of sp³-hybridized carbons (Fsp3) is 0.500. The van der Waals surface area contributed by atoms with Crippen molar-refractivity contribution in [3.05, 3.63) is 11.8 Å². The van der Waals surface area contributed by atoms with Crippen molar-refractivity contribution < 1.29 is 9.53 Å². The van der Waals surface area contributed by atoms with E-state index in [2.05, 4.69) is 9.69 Å². The maximum absolute atomic E-state index is 11.1. The van der Waals surface area contributed by atoms with Gasteiger partial charge in [0.05, 0.1) is 11.8 Å². The van der Waals surface area contributed by atoms with Crippen LogP contribution in [0.2, 0.25) is 0 Å². The number of hydrogen-bond acceptors (Lipinski definition) is 4. The Morgan fingerprint density at radius 2 is 2.38 bits per heavy atom. The lowest BCUT2D eigenvalue weighted by Gasteiger charge is -2.06. The van der Waals surface area contributed by atoms with Gasteiger partial charge in [-0.3, -0.25) is 5.32 Å². The molecule has 0 atom stereocenters. The molecule has 13 heavy (non-hydrogen) atoms. The predicted octanol–water partition coefficient (Wildman–Crippen LogP) is 2.41. The molecule has 1 aromatic heterocycles. The lowest BCUT2D eigenvalue weighted by molar-refractivity contribution is 0.130. The molecule has 1 amide bonds. The van der Waals surface area contributed by atoms with Crippen molar-refractivity contribution in [2.24, 2.45) is 0 Å². The molecule has 0 unspecified atom stereocenters. The van der Waals surface area contributed by atoms with Gasteiger partial charge in [-0.15, -0.1) is 0 Å². The quantitative estimate of drug-likeness (QED) is 0.797. The number of anilines is 1. The van der Waals surface area contributed by atoms with E-state index in [1.807, 2.05) is 6.92 Å². The second-order valence-corrected chi connectivity index (χ2v) is 3.72. The van der Waals surface area contributed by atoms with E-state index in [0.29, 0.717) is 5.00 Å². The van der Waals surface area contributed by atoms with Crippen LogP contribution >= 0.6 is 11.5 Å². The van der Waals surface area contributed by atoms with Crippen LogP contribution in [0.3, 0.4) is 0 Å². The van der Waals surface area contributed by atoms with Gasteiger partial charge in [0, 0.05) is 0 Å². The van der Waals surface area contributed by atoms with Crippen LogP contribution in [0.1, 0.15) is 19.5 Å². The first kappa shape index (κ1) is 9.98. The molecule has 0 bridgehead atoms. The number of nitrogens with zero attached hydrogens (tertiary/aromatic N) is 1. The lowest BCUT2D eigenvalue weighted by atomic mass is 10.5. The molecule has 0 fully saturated rings. The Labute approximate surface area is 81.1 Å². The zero-order chi connectivity index (χ0) is 9.84. The Morgan fingerprint density at radius 3 is 2.85 bits per heavy atom. The smallest absolute Gasteiger partial charge is 0.412 e. The van der Waals surface area contributed by atoms with Gasteiger partial charge < -0.3 is 4.74 Å². The molecule has 0 radical (unpaired) electrons. The highest BCUT2D eigenvalue weighted by Crippen LogP contribution is 2.15. The average molecular weight is 200 g/mol. The molecular weight excluding hydrogens is 188 g/mol. The normalized spacial score (nSPS) is 10.2. The van der Waals surface area contributed by atoms with Gasteiger partial charge in [-0.1, -0.05) is 0 Å². The van der Waals surface area contributed by atoms with Crippen molar-refractivity contribution in [2.45, 2.75) is 26.9 Å². The molecule has 72 valence electrons. The van der Waals surface area contributed by atoms with E-state index in [4.69, 9.17) is 4.74 Å². The molecule has 1 rings (SSSR count). The molecule has 1 heterocycles. The van der Waals surface area contributed by atoms with Crippen LogP contribution in [-0.2, 0) is 4.74 Å². The minimum atomic E-state index is -0.432. The molecule has 0 aliphatic rings. The zero-order valence-electron chi connectivity index (χ0n) is 7.83. The van der Waals surface area contributed by atoms with Crippen LogP contribution in [0.5, 0.6) is 0 Å². The van der Waals surface area contributed by atoms with E-state index in [0.717, 1.165) is 5.69 Å². The molecule has 0 aliphatic carbocycles. The number of amides is 1. The molecule has 0 spiro atoms. The molecule has 5 heteroatoms. The lowest BCUT2D eigenvalue weighted by Crippen LogP contribution is -2.17. The maximum atomic E-state index is 11.1. The zero-order valence-corrected chi connectivity index (χ0v) is 8.64. The van der Waals surface area contributed by atoms with Gasteiger partial charge in [0.1, 0.15) is 5.00 Å². The van der Waals surface area contributed by atoms with Gasteiger partial charge in [-0.25, -0.2) is 4.79 Å². The van der Waals surface area contributed by atoms with E-state index in [-0.39, 0.29) is 6.10 Å². The number of carbonyl (C=O) groups excluding carboxylic acids is 1. The van der Waals surface area contributed by atoms with Crippen molar-refractivity contribution in [3.8, 4) is 0 Å². The van der Waals surface area contributed by atoms with E-state index < -0.39 is 6.09 Å². The van der Waals surface area contributed by atoms with Crippen molar-refractivity contribution in [1.29, 1.82) is 0 Å². The van der Waals surface area contributed by atoms with Crippen molar-refractivity contribution in [2.75, 3.05) is 5.32 Å². The Bertz CT molecular complexity index is 296. The summed E-state index contributed by atoms with van der Waals surface area (Å²) in [6.07, 6.45) is -0.535. The Morgan fingerprint density at radius 1 is 1.69 bits per heavy atom. The topological polar surface area (TPSA) is 51.2 Å². The standard InChI is InChI=1S/C8H12N2O2S/c1-5(2)12-8(11)9-7-4-6(3)10-13-7/h4-5H,1-3H3,(H,9,11). The summed E-state index contributed by atoms with van der Waals surface area (Å²) in [5, 5.41) is 3.30. The van der Waals surface area contributed by atoms with Gasteiger partial charge in [0.15, 0.2) is 0 Å². The fourth-order valence-electron chi connectivity index (χ4n) is 0.767. The molecule has 0 aromatic carbocycles. The van der Waals surface area contributed by atoms with Crippen LogP contribution in [0.4, 0.5) is 9.80 Å². The fourth-order valence-corrected chi connectivity index (χ4v) is 1.41. The molecule has 1 aromatic rings. The molecular formula is C8H12N2O2S. The first-order chi connectivity index (χ1) is 6.08. The van der Waals surface area contributed by atoms with Crippen LogP contribution in [0.15, 0.2) is 6.07 Å². The second-order valence-electron chi connectivity index (χ2n) is 2.91. The predicted molar refractivity (Wildman–Crippen MR) is 52.1 cm³/mol. The molecule has 0 saturated heterocycles. The van der Waals surface area contributed by atoms with E-state index in [1.165, 1.54) is 11.5 Å². The van der Waals surface area contributed by atoms with Gasteiger partial charge >= 0.3 is 6.09 Å². The summed E-state index contributed by atoms with van der Waals surface area (Å²) < 4.78 is 8.91. The first-order valence-electron chi connectivity index (χ1n) is 3.99. The van der Waals surface area contributed by atoms with Crippen molar-refractivity contribution in [3.63, 3.8) is 0 Å². The van der Waals surface area contributed by atoms with Gasteiger partial charge in [0.25, 0.3) is 0 Å². The number of aromatic nitrogens is 1. The van der Waals surface area contributed by atoms with E-state index in [1.54, 1.807) is 19.9 Å². The third-order valence-corrected chi connectivity index (χ3v) is 1.99. The molecule has 1 N–H and O–H groups in total. The summed E-state index contributed by atoms with van der Waals surface area (Å²) in [5.74, 6) is 0. The summed E-state index contributed by atoms with van der Waals surface area (Å²) in [4.78, 5) is 11.1. The maximum Gasteiger partial charge on any atom is 0.412 e. The highest BCUT2D eigenvalue weighted by molar-refractivity contribution is 7.10. The molecule has 0 aliphatic heterocycles. The van der Waals surface area contributed by atoms with Crippen molar-refractivity contribution >= 4 is 22.6 Å². The number of carbonyl (C=O) groups is 1. The molecule has 0 saturated carbocycles. The first-order valence-corrected chi connectivity index (χ1v) is 4.76. The summed E-state index contributed by atoms with van der Waals surface area (Å²) in [6.45, 7) is 5.48. The van der Waals surface area contributed by atoms with Gasteiger partial charge in [-0.05, 0) is 38.4 Å². The number of aryl methyl sites for hydroxylation is 1. The SMILES string of the molecule is Cc1cc(NC(=O)OC(C)C)sn1. The van der Waals surface area contributed by atoms with Crippen molar-refractivity contribution in [1.82, 2.24) is 4.37 Å². The summed E-state index contributed by atoms with van der Waals surface area (Å²) >= 11 is 1.24. The van der Waals surface area contributed by atoms with Crippen LogP contribution in [0, 0.1) is 6.92 Å². The second kappa shape index (κ2) is 4.23. The summed E-state index contributed by atoms with van der Waals surface area (Å²) in [5.41, 5.74) is 0.893. The minimum absolute atomic E-state index is 0.103. The minimum Gasteiger partial charge on any atom is -0.447 e. The highest BCUT2D eigenvalue weighted by atomic mass is 32.1. The average Bonchev–Trinajstić information content (AvgIpc) is 2.33. The Kier molecular flexibility index (Phi) is 3.25. The van der Waals surface area contributed by atoms with E-state index in [9.17, 15) is 4.79 Å². The number of ether oxygens (including phenoxy) is 1. The monoisotopic (exact) mass is 200 g/mol. The summed E-state index contributed by atoms with van der Waals surface area (Å²) in [6, 6.07) is 1.80. The number of nitrogens with one attached hydrogen (secondary N) is 1. The van der Waals surface area contributed by atoms with Gasteiger partial charge in [0.2, 0.25) is 0 Å². The highest BCUT2D eigenvalue weighted by Gasteiger charge is 2.06.